The molecule has 0 fully saturated rings. The molecule has 3 rings (SSSR count). The third-order valence-electron chi connectivity index (χ3n) is 5.00. The number of carbonyl (C=O) groups excluding carboxylic acids is 2. The Morgan fingerprint density at radius 1 is 0.938 bits per heavy atom. The van der Waals surface area contributed by atoms with E-state index in [1.165, 1.54) is 30.3 Å². The monoisotopic (exact) mass is 436 g/mol. The molecule has 1 atom stereocenters. The predicted molar refractivity (Wildman–Crippen MR) is 122 cm³/mol. The molecule has 0 unspecified atom stereocenters. The summed E-state index contributed by atoms with van der Waals surface area (Å²) in [5.41, 5.74) is 2.69. The molecule has 0 saturated heterocycles. The van der Waals surface area contributed by atoms with Crippen LogP contribution in [0, 0.1) is 18.7 Å². The summed E-state index contributed by atoms with van der Waals surface area (Å²) >= 11 is 0. The van der Waals surface area contributed by atoms with Gasteiger partial charge in [-0.2, -0.15) is 5.10 Å². The van der Waals surface area contributed by atoms with Crippen LogP contribution in [0.25, 0.3) is 11.3 Å². The lowest BCUT2D eigenvalue weighted by Gasteiger charge is -2.16. The van der Waals surface area contributed by atoms with Gasteiger partial charge < -0.3 is 10.6 Å². The van der Waals surface area contributed by atoms with Gasteiger partial charge in [-0.25, -0.2) is 9.07 Å². The lowest BCUT2D eigenvalue weighted by atomic mass is 10.1. The van der Waals surface area contributed by atoms with Gasteiger partial charge in [-0.05, 0) is 55.8 Å². The topological polar surface area (TPSA) is 93.1 Å². The highest BCUT2D eigenvalue weighted by molar-refractivity contribution is 5.94. The van der Waals surface area contributed by atoms with Crippen molar-refractivity contribution in [2.45, 2.75) is 33.7 Å². The number of aryl methyl sites for hydroxylation is 1. The number of carbonyl (C=O) groups is 2. The van der Waals surface area contributed by atoms with Gasteiger partial charge in [-0.1, -0.05) is 26.0 Å². The number of aromatic nitrogens is 2. The maximum Gasteiger partial charge on any atom is 0.267 e. The lowest BCUT2D eigenvalue weighted by Crippen LogP contribution is -2.33. The van der Waals surface area contributed by atoms with Crippen LogP contribution in [0.15, 0.2) is 59.4 Å². The first-order valence-corrected chi connectivity index (χ1v) is 10.2. The van der Waals surface area contributed by atoms with E-state index in [-0.39, 0.29) is 11.8 Å². The number of nitrogens with one attached hydrogen (secondary N) is 2. The van der Waals surface area contributed by atoms with Gasteiger partial charge in [0.1, 0.15) is 11.9 Å². The van der Waals surface area contributed by atoms with E-state index in [0.717, 1.165) is 10.2 Å². The third-order valence-corrected chi connectivity index (χ3v) is 5.00. The lowest BCUT2D eigenvalue weighted by molar-refractivity contribution is -0.119. The van der Waals surface area contributed by atoms with Gasteiger partial charge >= 0.3 is 0 Å². The minimum absolute atomic E-state index is 0.103. The van der Waals surface area contributed by atoms with Crippen molar-refractivity contribution in [3.63, 3.8) is 0 Å². The van der Waals surface area contributed by atoms with Crippen LogP contribution in [-0.2, 0) is 9.59 Å². The van der Waals surface area contributed by atoms with E-state index in [0.29, 0.717) is 22.6 Å². The molecule has 2 N–H and O–H groups in total. The largest absolute Gasteiger partial charge is 0.326 e. The Hall–Kier alpha value is -3.81. The number of hydrogen-bond acceptors (Lipinski definition) is 4. The summed E-state index contributed by atoms with van der Waals surface area (Å²) in [5, 5.41) is 9.92. The average molecular weight is 436 g/mol. The van der Waals surface area contributed by atoms with Crippen LogP contribution in [0.1, 0.15) is 32.4 Å². The van der Waals surface area contributed by atoms with Crippen molar-refractivity contribution in [2.75, 3.05) is 10.6 Å². The Morgan fingerprint density at radius 2 is 1.62 bits per heavy atom. The molecule has 1 aromatic heterocycles. The van der Waals surface area contributed by atoms with Gasteiger partial charge in [0.05, 0.1) is 5.69 Å². The summed E-state index contributed by atoms with van der Waals surface area (Å²) in [6.07, 6.45) is 0. The normalized spacial score (nSPS) is 11.8. The first-order chi connectivity index (χ1) is 15.2. The van der Waals surface area contributed by atoms with Crippen LogP contribution < -0.4 is 16.2 Å². The van der Waals surface area contributed by atoms with Crippen molar-refractivity contribution in [1.29, 1.82) is 0 Å². The Kier molecular flexibility index (Phi) is 6.82. The van der Waals surface area contributed by atoms with Crippen LogP contribution in [0.3, 0.4) is 0 Å². The fourth-order valence-corrected chi connectivity index (χ4v) is 2.94. The van der Waals surface area contributed by atoms with Crippen molar-refractivity contribution >= 4 is 23.2 Å². The molecule has 0 aliphatic rings. The number of hydrogen-bond donors (Lipinski definition) is 2. The molecule has 0 radical (unpaired) electrons. The molecule has 8 heteroatoms. The Bertz CT molecular complexity index is 1200. The fraction of sp³-hybridized carbons (Fsp3) is 0.250. The number of benzene rings is 2. The minimum atomic E-state index is -0.905. The van der Waals surface area contributed by atoms with Crippen LogP contribution in [0.5, 0.6) is 0 Å². The smallest absolute Gasteiger partial charge is 0.267 e. The zero-order chi connectivity index (χ0) is 23.4. The van der Waals surface area contributed by atoms with Gasteiger partial charge in [0.2, 0.25) is 11.8 Å². The zero-order valence-corrected chi connectivity index (χ0v) is 18.3. The number of nitrogens with zero attached hydrogens (tertiary/aromatic N) is 2. The molecule has 0 aliphatic carbocycles. The van der Waals surface area contributed by atoms with E-state index in [4.69, 9.17) is 0 Å². The molecule has 2 aromatic carbocycles. The summed E-state index contributed by atoms with van der Waals surface area (Å²) in [4.78, 5) is 37.1. The average Bonchev–Trinajstić information content (AvgIpc) is 2.76. The van der Waals surface area contributed by atoms with Crippen LogP contribution in [0.4, 0.5) is 15.8 Å². The maximum atomic E-state index is 13.1. The standard InChI is InChI=1S/C24H25FN4O3/c1-14(2)23(31)27-21-13-17(6-5-15(21)3)20-11-12-22(30)29(28-20)16(4)24(32)26-19-9-7-18(25)8-10-19/h5-14,16H,1-4H3,(H,26,32)(H,27,31)/t16-/m1/s1. The molecule has 1 heterocycles. The summed E-state index contributed by atoms with van der Waals surface area (Å²) in [6, 6.07) is 12.8. The van der Waals surface area contributed by atoms with Gasteiger partial charge in [-0.3, -0.25) is 14.4 Å². The predicted octanol–water partition coefficient (Wildman–Crippen LogP) is 4.15. The van der Waals surface area contributed by atoms with Crippen molar-refractivity contribution in [1.82, 2.24) is 9.78 Å². The quantitative estimate of drug-likeness (QED) is 0.607. The van der Waals surface area contributed by atoms with Crippen molar-refractivity contribution in [3.8, 4) is 11.3 Å². The molecular weight excluding hydrogens is 411 g/mol. The minimum Gasteiger partial charge on any atom is -0.326 e. The second-order valence-electron chi connectivity index (χ2n) is 7.85. The van der Waals surface area contributed by atoms with Crippen molar-refractivity contribution < 1.29 is 14.0 Å². The Labute approximate surface area is 185 Å². The summed E-state index contributed by atoms with van der Waals surface area (Å²) in [6.45, 7) is 7.06. The zero-order valence-electron chi connectivity index (χ0n) is 18.3. The SMILES string of the molecule is Cc1ccc(-c2ccc(=O)n([C@H](C)C(=O)Nc3ccc(F)cc3)n2)cc1NC(=O)C(C)C. The first kappa shape index (κ1) is 22.9. The molecule has 0 aliphatic heterocycles. The molecular formula is C24H25FN4O3. The van der Waals surface area contributed by atoms with E-state index in [1.54, 1.807) is 19.1 Å². The van der Waals surface area contributed by atoms with E-state index in [2.05, 4.69) is 15.7 Å². The van der Waals surface area contributed by atoms with Crippen molar-refractivity contribution in [2.24, 2.45) is 5.92 Å². The molecule has 0 spiro atoms. The molecule has 32 heavy (non-hydrogen) atoms. The third kappa shape index (κ3) is 5.26. The van der Waals surface area contributed by atoms with Crippen LogP contribution in [-0.4, -0.2) is 21.6 Å². The maximum absolute atomic E-state index is 13.1. The second kappa shape index (κ2) is 9.55. The van der Waals surface area contributed by atoms with Gasteiger partial charge in [0, 0.05) is 28.9 Å². The molecule has 166 valence electrons. The highest BCUT2D eigenvalue weighted by atomic mass is 19.1. The highest BCUT2D eigenvalue weighted by Gasteiger charge is 2.19. The van der Waals surface area contributed by atoms with Crippen LogP contribution >= 0.6 is 0 Å². The van der Waals surface area contributed by atoms with E-state index < -0.39 is 23.3 Å². The number of rotatable bonds is 6. The van der Waals surface area contributed by atoms with Gasteiger partial charge in [0.15, 0.2) is 0 Å². The second-order valence-corrected chi connectivity index (χ2v) is 7.85. The number of anilines is 2. The summed E-state index contributed by atoms with van der Waals surface area (Å²) < 4.78 is 14.2. The molecule has 3 aromatic rings. The van der Waals surface area contributed by atoms with Crippen molar-refractivity contribution in [3.05, 3.63) is 76.3 Å². The van der Waals surface area contributed by atoms with Gasteiger partial charge in [-0.15, -0.1) is 0 Å². The first-order valence-electron chi connectivity index (χ1n) is 10.2. The fourth-order valence-electron chi connectivity index (χ4n) is 2.94. The summed E-state index contributed by atoms with van der Waals surface area (Å²) in [5.74, 6) is -1.14. The summed E-state index contributed by atoms with van der Waals surface area (Å²) in [7, 11) is 0. The Balaban J connectivity index is 1.88. The number of amides is 2. The molecule has 7 nitrogen and oxygen atoms in total. The number of halogens is 1. The molecule has 2 amide bonds. The van der Waals surface area contributed by atoms with Crippen LogP contribution in [0.2, 0.25) is 0 Å². The molecule has 0 saturated carbocycles. The molecule has 0 bridgehead atoms. The highest BCUT2D eigenvalue weighted by Crippen LogP contribution is 2.24. The van der Waals surface area contributed by atoms with E-state index in [1.807, 2.05) is 32.9 Å². The van der Waals surface area contributed by atoms with Gasteiger partial charge in [0.25, 0.3) is 5.56 Å². The Morgan fingerprint density at radius 3 is 2.28 bits per heavy atom. The van der Waals surface area contributed by atoms with E-state index >= 15 is 0 Å². The van der Waals surface area contributed by atoms with E-state index in [9.17, 15) is 18.8 Å².